The predicted octanol–water partition coefficient (Wildman–Crippen LogP) is 2.10. The number of rotatable bonds is 3. The Morgan fingerprint density at radius 1 is 1.04 bits per heavy atom. The molecule has 1 aromatic heterocycles. The van der Waals surface area contributed by atoms with E-state index in [-0.39, 0.29) is 16.7 Å². The number of aromatic nitrogens is 2. The summed E-state index contributed by atoms with van der Waals surface area (Å²) in [6.07, 6.45) is 5.39. The predicted molar refractivity (Wildman–Crippen MR) is 99.3 cm³/mol. The van der Waals surface area contributed by atoms with Crippen LogP contribution in [0.2, 0.25) is 0 Å². The molecule has 140 valence electrons. The topological polar surface area (TPSA) is 83.5 Å². The highest BCUT2D eigenvalue weighted by atomic mass is 32.2. The molecule has 4 rings (SSSR count). The second kappa shape index (κ2) is 7.21. The third-order valence-electron chi connectivity index (χ3n) is 5.37. The van der Waals surface area contributed by atoms with Crippen LogP contribution in [-0.2, 0) is 14.8 Å². The van der Waals surface area contributed by atoms with Gasteiger partial charge in [-0.15, -0.1) is 0 Å². The van der Waals surface area contributed by atoms with Crippen LogP contribution < -0.4 is 0 Å². The Balaban J connectivity index is 1.47. The van der Waals surface area contributed by atoms with Crippen molar-refractivity contribution >= 4 is 38.7 Å². The van der Waals surface area contributed by atoms with Crippen LogP contribution in [0.5, 0.6) is 0 Å². The number of hydrogen-bond donors (Lipinski definition) is 0. The number of sulfonamides is 1. The molecule has 1 saturated heterocycles. The molecule has 0 N–H and O–H groups in total. The number of piperazine rings is 1. The summed E-state index contributed by atoms with van der Waals surface area (Å²) in [5.74, 6) is 0.328. The lowest BCUT2D eigenvalue weighted by Gasteiger charge is -2.36. The molecule has 1 aliphatic heterocycles. The van der Waals surface area contributed by atoms with Gasteiger partial charge in [-0.05, 0) is 25.0 Å². The van der Waals surface area contributed by atoms with E-state index in [0.29, 0.717) is 37.2 Å². The zero-order chi connectivity index (χ0) is 18.1. The Morgan fingerprint density at radius 3 is 2.50 bits per heavy atom. The first kappa shape index (κ1) is 17.8. The zero-order valence-corrected chi connectivity index (χ0v) is 16.1. The summed E-state index contributed by atoms with van der Waals surface area (Å²) >= 11 is 1.01. The van der Waals surface area contributed by atoms with E-state index in [1.165, 1.54) is 10.7 Å². The van der Waals surface area contributed by atoms with E-state index in [2.05, 4.69) is 8.75 Å². The highest BCUT2D eigenvalue weighted by Gasteiger charge is 2.34. The molecule has 0 unspecified atom stereocenters. The summed E-state index contributed by atoms with van der Waals surface area (Å²) in [7, 11) is -3.63. The Labute approximate surface area is 157 Å². The Morgan fingerprint density at radius 2 is 1.77 bits per heavy atom. The van der Waals surface area contributed by atoms with Crippen LogP contribution in [0.4, 0.5) is 0 Å². The smallest absolute Gasteiger partial charge is 0.245 e. The maximum Gasteiger partial charge on any atom is 0.245 e. The Bertz CT molecular complexity index is 898. The zero-order valence-electron chi connectivity index (χ0n) is 14.5. The molecule has 2 heterocycles. The maximum atomic E-state index is 13.0. The molecular weight excluding hydrogens is 372 g/mol. The highest BCUT2D eigenvalue weighted by molar-refractivity contribution is 7.89. The van der Waals surface area contributed by atoms with Crippen molar-refractivity contribution in [2.24, 2.45) is 5.92 Å². The third-order valence-corrected chi connectivity index (χ3v) is 7.84. The van der Waals surface area contributed by atoms with Crippen molar-refractivity contribution in [3.05, 3.63) is 18.2 Å². The van der Waals surface area contributed by atoms with E-state index in [1.54, 1.807) is 18.2 Å². The monoisotopic (exact) mass is 394 g/mol. The van der Waals surface area contributed by atoms with Crippen LogP contribution in [0.15, 0.2) is 23.1 Å². The minimum Gasteiger partial charge on any atom is -0.340 e. The third kappa shape index (κ3) is 3.23. The van der Waals surface area contributed by atoms with Crippen LogP contribution in [-0.4, -0.2) is 58.5 Å². The summed E-state index contributed by atoms with van der Waals surface area (Å²) in [4.78, 5) is 14.7. The Kier molecular flexibility index (Phi) is 4.94. The van der Waals surface area contributed by atoms with Gasteiger partial charge >= 0.3 is 0 Å². The van der Waals surface area contributed by atoms with Gasteiger partial charge in [0.1, 0.15) is 15.9 Å². The summed E-state index contributed by atoms with van der Waals surface area (Å²) in [5.41, 5.74) is 1.03. The number of fused-ring (bicyclic) bond motifs is 1. The molecule has 0 spiro atoms. The van der Waals surface area contributed by atoms with Gasteiger partial charge < -0.3 is 4.90 Å². The minimum absolute atomic E-state index is 0.127. The van der Waals surface area contributed by atoms with Crippen molar-refractivity contribution in [1.82, 2.24) is 18.0 Å². The van der Waals surface area contributed by atoms with E-state index in [4.69, 9.17) is 0 Å². The number of carbonyl (C=O) groups excluding carboxylic acids is 1. The summed E-state index contributed by atoms with van der Waals surface area (Å²) < 4.78 is 35.8. The number of nitrogens with zero attached hydrogens (tertiary/aromatic N) is 4. The molecule has 1 aromatic carbocycles. The SMILES string of the molecule is O=C(C1CCCCC1)N1CCN(S(=O)(=O)c2cccc3nsnc23)CC1. The summed E-state index contributed by atoms with van der Waals surface area (Å²) in [5, 5.41) is 0. The first-order chi connectivity index (χ1) is 12.6. The molecule has 0 radical (unpaired) electrons. The quantitative estimate of drug-likeness (QED) is 0.796. The van der Waals surface area contributed by atoms with Crippen molar-refractivity contribution in [3.8, 4) is 0 Å². The molecule has 2 aliphatic rings. The molecule has 1 saturated carbocycles. The second-order valence-electron chi connectivity index (χ2n) is 6.95. The molecule has 0 atom stereocenters. The van der Waals surface area contributed by atoms with Gasteiger partial charge in [0.05, 0.1) is 11.7 Å². The molecule has 0 bridgehead atoms. The number of amides is 1. The summed E-state index contributed by atoms with van der Waals surface area (Å²) in [6, 6.07) is 5.04. The van der Waals surface area contributed by atoms with Crippen LogP contribution in [0.1, 0.15) is 32.1 Å². The maximum absolute atomic E-state index is 13.0. The van der Waals surface area contributed by atoms with Gasteiger partial charge in [0.15, 0.2) is 0 Å². The van der Waals surface area contributed by atoms with E-state index >= 15 is 0 Å². The van der Waals surface area contributed by atoms with E-state index in [9.17, 15) is 13.2 Å². The molecule has 1 aliphatic carbocycles. The number of carbonyl (C=O) groups is 1. The molecule has 7 nitrogen and oxygen atoms in total. The lowest BCUT2D eigenvalue weighted by molar-refractivity contribution is -0.137. The van der Waals surface area contributed by atoms with E-state index in [0.717, 1.165) is 37.4 Å². The summed E-state index contributed by atoms with van der Waals surface area (Å²) in [6.45, 7) is 1.57. The molecule has 9 heteroatoms. The fraction of sp³-hybridized carbons (Fsp3) is 0.588. The van der Waals surface area contributed by atoms with Crippen molar-refractivity contribution in [2.75, 3.05) is 26.2 Å². The van der Waals surface area contributed by atoms with Crippen molar-refractivity contribution < 1.29 is 13.2 Å². The van der Waals surface area contributed by atoms with E-state index < -0.39 is 10.0 Å². The van der Waals surface area contributed by atoms with Gasteiger partial charge in [0, 0.05) is 32.1 Å². The standard InChI is InChI=1S/C17H22N4O3S2/c22-17(13-5-2-1-3-6-13)20-9-11-21(12-10-20)26(23,24)15-8-4-7-14-16(15)19-25-18-14/h4,7-8,13H,1-3,5-6,9-12H2. The van der Waals surface area contributed by atoms with Gasteiger partial charge in [-0.25, -0.2) is 8.42 Å². The average molecular weight is 395 g/mol. The molecule has 2 fully saturated rings. The van der Waals surface area contributed by atoms with Gasteiger partial charge in [0.2, 0.25) is 15.9 Å². The normalized spacial score (nSPS) is 20.5. The van der Waals surface area contributed by atoms with Crippen LogP contribution in [0.25, 0.3) is 11.0 Å². The molecule has 26 heavy (non-hydrogen) atoms. The first-order valence-corrected chi connectivity index (χ1v) is 11.2. The molecular formula is C17H22N4O3S2. The average Bonchev–Trinajstić information content (AvgIpc) is 3.17. The van der Waals surface area contributed by atoms with Gasteiger partial charge in [0.25, 0.3) is 0 Å². The van der Waals surface area contributed by atoms with E-state index in [1.807, 2.05) is 4.90 Å². The Hall–Kier alpha value is -1.58. The molecule has 2 aromatic rings. The lowest BCUT2D eigenvalue weighted by atomic mass is 9.88. The van der Waals surface area contributed by atoms with Crippen molar-refractivity contribution in [1.29, 1.82) is 0 Å². The van der Waals surface area contributed by atoms with Gasteiger partial charge in [-0.3, -0.25) is 4.79 Å². The number of benzene rings is 1. The fourth-order valence-electron chi connectivity index (χ4n) is 3.89. The number of hydrogen-bond acceptors (Lipinski definition) is 6. The largest absolute Gasteiger partial charge is 0.340 e. The second-order valence-corrected chi connectivity index (χ2v) is 9.39. The molecule has 1 amide bonds. The van der Waals surface area contributed by atoms with Crippen molar-refractivity contribution in [2.45, 2.75) is 37.0 Å². The van der Waals surface area contributed by atoms with Crippen LogP contribution in [0.3, 0.4) is 0 Å². The first-order valence-electron chi connectivity index (χ1n) is 9.07. The van der Waals surface area contributed by atoms with Crippen molar-refractivity contribution in [3.63, 3.8) is 0 Å². The highest BCUT2D eigenvalue weighted by Crippen LogP contribution is 2.28. The minimum atomic E-state index is -3.63. The fourth-order valence-corrected chi connectivity index (χ4v) is 6.06. The lowest BCUT2D eigenvalue weighted by Crippen LogP contribution is -2.52. The van der Waals surface area contributed by atoms with Gasteiger partial charge in [-0.2, -0.15) is 13.1 Å². The van der Waals surface area contributed by atoms with Gasteiger partial charge in [-0.1, -0.05) is 25.3 Å². The van der Waals surface area contributed by atoms with Crippen LogP contribution >= 0.6 is 11.7 Å². The van der Waals surface area contributed by atoms with Crippen LogP contribution in [0, 0.1) is 5.92 Å².